The first kappa shape index (κ1) is 13.7. The lowest BCUT2D eigenvalue weighted by atomic mass is 10.1. The molecule has 2 aromatic carbocycles. The maximum Gasteiger partial charge on any atom is 0.165 e. The van der Waals surface area contributed by atoms with Crippen molar-refractivity contribution < 1.29 is 9.13 Å². The Hall–Kier alpha value is -2.29. The van der Waals surface area contributed by atoms with Gasteiger partial charge < -0.3 is 9.30 Å². The molecule has 0 atom stereocenters. The van der Waals surface area contributed by atoms with E-state index in [0.29, 0.717) is 12.4 Å². The molecule has 0 unspecified atom stereocenters. The van der Waals surface area contributed by atoms with E-state index in [4.69, 9.17) is 4.74 Å². The molecule has 0 fully saturated rings. The molecule has 0 spiro atoms. The number of rotatable bonds is 4. The molecule has 2 nitrogen and oxygen atoms in total. The summed E-state index contributed by atoms with van der Waals surface area (Å²) in [4.78, 5) is 0. The second-order valence-corrected chi connectivity index (χ2v) is 5.18. The number of fused-ring (bicyclic) bond motifs is 1. The molecule has 0 N–H and O–H groups in total. The highest BCUT2D eigenvalue weighted by Gasteiger charge is 2.09. The Balaban J connectivity index is 1.93. The highest BCUT2D eigenvalue weighted by atomic mass is 19.1. The Kier molecular flexibility index (Phi) is 3.65. The Morgan fingerprint density at radius 1 is 1.14 bits per heavy atom. The first-order valence-electron chi connectivity index (χ1n) is 7.14. The molecule has 3 aromatic rings. The molecule has 0 aliphatic rings. The molecule has 0 aliphatic heterocycles. The highest BCUT2D eigenvalue weighted by molar-refractivity contribution is 5.84. The van der Waals surface area contributed by atoms with Crippen molar-refractivity contribution >= 4 is 10.9 Å². The third-order valence-corrected chi connectivity index (χ3v) is 3.68. The van der Waals surface area contributed by atoms with Crippen molar-refractivity contribution in [1.29, 1.82) is 0 Å². The van der Waals surface area contributed by atoms with Gasteiger partial charge in [0.25, 0.3) is 0 Å². The van der Waals surface area contributed by atoms with Crippen LogP contribution in [0, 0.1) is 12.7 Å². The SMILES string of the molecule is CCn1cc(COc2ccccc2F)c2cc(C)ccc21. The molecular formula is C18H18FNO. The zero-order valence-corrected chi connectivity index (χ0v) is 12.3. The van der Waals surface area contributed by atoms with Crippen LogP contribution in [-0.4, -0.2) is 4.57 Å². The molecular weight excluding hydrogens is 265 g/mol. The lowest BCUT2D eigenvalue weighted by Gasteiger charge is -2.06. The highest BCUT2D eigenvalue weighted by Crippen LogP contribution is 2.25. The van der Waals surface area contributed by atoms with E-state index in [0.717, 1.165) is 12.1 Å². The Morgan fingerprint density at radius 2 is 1.95 bits per heavy atom. The maximum absolute atomic E-state index is 13.6. The molecule has 1 heterocycles. The van der Waals surface area contributed by atoms with Gasteiger partial charge in [0.1, 0.15) is 6.61 Å². The molecule has 1 aromatic heterocycles. The van der Waals surface area contributed by atoms with E-state index in [1.165, 1.54) is 22.5 Å². The summed E-state index contributed by atoms with van der Waals surface area (Å²) in [5.74, 6) is -0.0320. The van der Waals surface area contributed by atoms with Gasteiger partial charge in [-0.3, -0.25) is 0 Å². The number of hydrogen-bond acceptors (Lipinski definition) is 1. The fourth-order valence-corrected chi connectivity index (χ4v) is 2.58. The minimum Gasteiger partial charge on any atom is -0.486 e. The minimum atomic E-state index is -0.326. The standard InChI is InChI=1S/C18H18FNO/c1-3-20-11-14(15-10-13(2)8-9-17(15)20)12-21-18-7-5-4-6-16(18)19/h4-11H,3,12H2,1-2H3. The van der Waals surface area contributed by atoms with Crippen molar-refractivity contribution in [1.82, 2.24) is 4.57 Å². The largest absolute Gasteiger partial charge is 0.486 e. The number of benzene rings is 2. The van der Waals surface area contributed by atoms with Crippen LogP contribution in [0.25, 0.3) is 10.9 Å². The number of halogens is 1. The predicted molar refractivity (Wildman–Crippen MR) is 83.1 cm³/mol. The van der Waals surface area contributed by atoms with Crippen LogP contribution in [-0.2, 0) is 13.2 Å². The minimum absolute atomic E-state index is 0.294. The van der Waals surface area contributed by atoms with Crippen LogP contribution < -0.4 is 4.74 Å². The van der Waals surface area contributed by atoms with Crippen LogP contribution in [0.15, 0.2) is 48.7 Å². The first-order chi connectivity index (χ1) is 10.2. The van der Waals surface area contributed by atoms with Crippen molar-refractivity contribution in [2.75, 3.05) is 0 Å². The lowest BCUT2D eigenvalue weighted by molar-refractivity contribution is 0.291. The molecule has 0 amide bonds. The van der Waals surface area contributed by atoms with Gasteiger partial charge in [-0.05, 0) is 38.1 Å². The van der Waals surface area contributed by atoms with Crippen LogP contribution in [0.3, 0.4) is 0 Å². The summed E-state index contributed by atoms with van der Waals surface area (Å²) in [6.07, 6.45) is 2.09. The second kappa shape index (κ2) is 5.60. The van der Waals surface area contributed by atoms with Gasteiger partial charge in [0.15, 0.2) is 11.6 Å². The van der Waals surface area contributed by atoms with E-state index >= 15 is 0 Å². The predicted octanol–water partition coefficient (Wildman–Crippen LogP) is 4.69. The van der Waals surface area contributed by atoms with E-state index in [-0.39, 0.29) is 5.82 Å². The molecule has 3 heteroatoms. The molecule has 108 valence electrons. The number of aromatic nitrogens is 1. The molecule has 3 rings (SSSR count). The van der Waals surface area contributed by atoms with Gasteiger partial charge in [0.05, 0.1) is 0 Å². The number of hydrogen-bond donors (Lipinski definition) is 0. The van der Waals surface area contributed by atoms with Crippen LogP contribution >= 0.6 is 0 Å². The van der Waals surface area contributed by atoms with Crippen molar-refractivity contribution in [3.05, 3.63) is 65.6 Å². The van der Waals surface area contributed by atoms with E-state index in [9.17, 15) is 4.39 Å². The zero-order chi connectivity index (χ0) is 14.8. The van der Waals surface area contributed by atoms with Gasteiger partial charge in [-0.15, -0.1) is 0 Å². The van der Waals surface area contributed by atoms with Gasteiger partial charge in [-0.1, -0.05) is 23.8 Å². The summed E-state index contributed by atoms with van der Waals surface area (Å²) in [6, 6.07) is 12.9. The van der Waals surface area contributed by atoms with Crippen molar-refractivity contribution in [3.8, 4) is 5.75 Å². The van der Waals surface area contributed by atoms with Crippen LogP contribution in [0.2, 0.25) is 0 Å². The topological polar surface area (TPSA) is 14.2 Å². The van der Waals surface area contributed by atoms with Crippen LogP contribution in [0.5, 0.6) is 5.75 Å². The molecule has 0 aliphatic carbocycles. The van der Waals surface area contributed by atoms with E-state index in [1.807, 2.05) is 0 Å². The summed E-state index contributed by atoms with van der Waals surface area (Å²) in [5.41, 5.74) is 3.48. The van der Waals surface area contributed by atoms with Crippen LogP contribution in [0.1, 0.15) is 18.1 Å². The van der Waals surface area contributed by atoms with Gasteiger partial charge in [0.2, 0.25) is 0 Å². The average molecular weight is 283 g/mol. The zero-order valence-electron chi connectivity index (χ0n) is 12.3. The van der Waals surface area contributed by atoms with Gasteiger partial charge in [-0.2, -0.15) is 0 Å². The Bertz CT molecular complexity index is 776. The quantitative estimate of drug-likeness (QED) is 0.677. The summed E-state index contributed by atoms with van der Waals surface area (Å²) in [6.45, 7) is 5.46. The molecule has 0 radical (unpaired) electrons. The van der Waals surface area contributed by atoms with Gasteiger partial charge in [-0.25, -0.2) is 4.39 Å². The van der Waals surface area contributed by atoms with Crippen molar-refractivity contribution in [2.24, 2.45) is 0 Å². The second-order valence-electron chi connectivity index (χ2n) is 5.18. The summed E-state index contributed by atoms with van der Waals surface area (Å²) < 4.78 is 21.4. The number of aryl methyl sites for hydroxylation is 2. The average Bonchev–Trinajstić information content (AvgIpc) is 2.83. The molecule has 0 saturated carbocycles. The summed E-state index contributed by atoms with van der Waals surface area (Å²) >= 11 is 0. The van der Waals surface area contributed by atoms with Gasteiger partial charge in [0, 0.05) is 29.2 Å². The number of ether oxygens (including phenoxy) is 1. The third-order valence-electron chi connectivity index (χ3n) is 3.68. The summed E-state index contributed by atoms with van der Waals surface area (Å²) in [7, 11) is 0. The van der Waals surface area contributed by atoms with E-state index in [1.54, 1.807) is 18.2 Å². The van der Waals surface area contributed by atoms with Gasteiger partial charge >= 0.3 is 0 Å². The Labute approximate surface area is 123 Å². The molecule has 0 saturated heterocycles. The van der Waals surface area contributed by atoms with Crippen molar-refractivity contribution in [2.45, 2.75) is 27.0 Å². The van der Waals surface area contributed by atoms with E-state index in [2.05, 4.69) is 42.8 Å². The lowest BCUT2D eigenvalue weighted by Crippen LogP contribution is -1.97. The fraction of sp³-hybridized carbons (Fsp3) is 0.222. The number of nitrogens with zero attached hydrogens (tertiary/aromatic N) is 1. The summed E-state index contributed by atoms with van der Waals surface area (Å²) in [5, 5.41) is 1.17. The normalized spacial score (nSPS) is 11.0. The third kappa shape index (κ3) is 2.64. The monoisotopic (exact) mass is 283 g/mol. The Morgan fingerprint density at radius 3 is 2.71 bits per heavy atom. The molecule has 0 bridgehead atoms. The van der Waals surface area contributed by atoms with Crippen LogP contribution in [0.4, 0.5) is 4.39 Å². The van der Waals surface area contributed by atoms with E-state index < -0.39 is 0 Å². The molecule has 21 heavy (non-hydrogen) atoms. The maximum atomic E-state index is 13.6. The van der Waals surface area contributed by atoms with Crippen molar-refractivity contribution in [3.63, 3.8) is 0 Å². The smallest absolute Gasteiger partial charge is 0.165 e. The first-order valence-corrected chi connectivity index (χ1v) is 7.14. The number of para-hydroxylation sites is 1. The fourth-order valence-electron chi connectivity index (χ4n) is 2.58.